The van der Waals surface area contributed by atoms with Gasteiger partial charge in [0.15, 0.2) is 0 Å². The highest BCUT2D eigenvalue weighted by Gasteiger charge is 2.28. The van der Waals surface area contributed by atoms with Crippen molar-refractivity contribution in [2.75, 3.05) is 10.6 Å². The van der Waals surface area contributed by atoms with Crippen LogP contribution in [0.5, 0.6) is 0 Å². The van der Waals surface area contributed by atoms with Crippen molar-refractivity contribution in [3.05, 3.63) is 23.8 Å². The van der Waals surface area contributed by atoms with Gasteiger partial charge in [-0.25, -0.2) is 4.79 Å². The number of imide groups is 1. The molecule has 0 aromatic heterocycles. The molecule has 0 unspecified atom stereocenters. The largest absolute Gasteiger partial charge is 0.478 e. The fourth-order valence-corrected chi connectivity index (χ4v) is 1.93. The fourth-order valence-electron chi connectivity index (χ4n) is 1.93. The van der Waals surface area contributed by atoms with Crippen LogP contribution in [0.25, 0.3) is 0 Å². The number of carboxylic acid groups (broad SMARTS) is 1. The molecule has 0 bridgehead atoms. The summed E-state index contributed by atoms with van der Waals surface area (Å²) in [4.78, 5) is 35.3. The average molecular weight is 248 g/mol. The number of anilines is 2. The minimum atomic E-state index is -1.15. The van der Waals surface area contributed by atoms with Crippen LogP contribution in [0.3, 0.4) is 0 Å². The lowest BCUT2D eigenvalue weighted by molar-refractivity contribution is -0.129. The Hall–Kier alpha value is -2.37. The van der Waals surface area contributed by atoms with Gasteiger partial charge in [0.1, 0.15) is 0 Å². The van der Waals surface area contributed by atoms with Crippen LogP contribution in [0.4, 0.5) is 11.4 Å². The Kier molecular flexibility index (Phi) is 3.01. The molecule has 0 radical (unpaired) electrons. The SMILES string of the molecule is Nc1cc(C(=O)O)cc(N2C(=O)CCCC2=O)c1. The molecule has 1 heterocycles. The molecular weight excluding hydrogens is 236 g/mol. The monoisotopic (exact) mass is 248 g/mol. The van der Waals surface area contributed by atoms with Gasteiger partial charge < -0.3 is 10.8 Å². The predicted molar refractivity (Wildman–Crippen MR) is 64.2 cm³/mol. The van der Waals surface area contributed by atoms with E-state index >= 15 is 0 Å². The third kappa shape index (κ3) is 2.17. The zero-order valence-corrected chi connectivity index (χ0v) is 9.55. The number of amides is 2. The molecule has 2 rings (SSSR count). The normalized spacial score (nSPS) is 15.9. The number of nitrogens with zero attached hydrogens (tertiary/aromatic N) is 1. The molecule has 3 N–H and O–H groups in total. The molecule has 2 amide bonds. The number of carboxylic acids is 1. The van der Waals surface area contributed by atoms with E-state index in [1.165, 1.54) is 18.2 Å². The minimum Gasteiger partial charge on any atom is -0.478 e. The van der Waals surface area contributed by atoms with Crippen molar-refractivity contribution in [2.24, 2.45) is 0 Å². The van der Waals surface area contributed by atoms with E-state index in [9.17, 15) is 14.4 Å². The standard InChI is InChI=1S/C12H12N2O4/c13-8-4-7(12(17)18)5-9(6-8)14-10(15)2-1-3-11(14)16/h4-6H,1-3,13H2,(H,17,18). The number of carbonyl (C=O) groups is 3. The zero-order chi connectivity index (χ0) is 13.3. The summed E-state index contributed by atoms with van der Waals surface area (Å²) in [7, 11) is 0. The van der Waals surface area contributed by atoms with Gasteiger partial charge in [0.25, 0.3) is 0 Å². The van der Waals surface area contributed by atoms with Gasteiger partial charge in [-0.15, -0.1) is 0 Å². The molecule has 1 saturated heterocycles. The van der Waals surface area contributed by atoms with Crippen LogP contribution in [0.2, 0.25) is 0 Å². The van der Waals surface area contributed by atoms with Gasteiger partial charge in [0.2, 0.25) is 11.8 Å². The Morgan fingerprint density at radius 1 is 1.17 bits per heavy atom. The molecule has 1 aliphatic heterocycles. The average Bonchev–Trinajstić information content (AvgIpc) is 2.28. The smallest absolute Gasteiger partial charge is 0.335 e. The van der Waals surface area contributed by atoms with E-state index in [1.807, 2.05) is 0 Å². The second-order valence-corrected chi connectivity index (χ2v) is 4.09. The van der Waals surface area contributed by atoms with E-state index in [0.717, 1.165) is 4.90 Å². The lowest BCUT2D eigenvalue weighted by Gasteiger charge is -2.25. The number of aromatic carboxylic acids is 1. The summed E-state index contributed by atoms with van der Waals surface area (Å²) in [6.07, 6.45) is 1.09. The molecule has 94 valence electrons. The van der Waals surface area contributed by atoms with Crippen LogP contribution in [-0.2, 0) is 9.59 Å². The molecule has 18 heavy (non-hydrogen) atoms. The molecular formula is C12H12N2O4. The first kappa shape index (κ1) is 12.1. The van der Waals surface area contributed by atoms with Gasteiger partial charge in [-0.05, 0) is 24.6 Å². The molecule has 1 aromatic rings. The third-order valence-electron chi connectivity index (χ3n) is 2.73. The lowest BCUT2D eigenvalue weighted by Crippen LogP contribution is -2.40. The van der Waals surface area contributed by atoms with Gasteiger partial charge in [0.05, 0.1) is 11.3 Å². The number of hydrogen-bond donors (Lipinski definition) is 2. The lowest BCUT2D eigenvalue weighted by atomic mass is 10.1. The van der Waals surface area contributed by atoms with Crippen molar-refractivity contribution < 1.29 is 19.5 Å². The molecule has 0 aliphatic carbocycles. The van der Waals surface area contributed by atoms with E-state index in [0.29, 0.717) is 6.42 Å². The van der Waals surface area contributed by atoms with Crippen LogP contribution in [-0.4, -0.2) is 22.9 Å². The number of nitrogens with two attached hydrogens (primary N) is 1. The maximum atomic E-state index is 11.7. The highest BCUT2D eigenvalue weighted by molar-refractivity contribution is 6.16. The van der Waals surface area contributed by atoms with Crippen LogP contribution in [0, 0.1) is 0 Å². The van der Waals surface area contributed by atoms with Gasteiger partial charge in [-0.1, -0.05) is 0 Å². The molecule has 0 saturated carbocycles. The molecule has 6 heteroatoms. The topological polar surface area (TPSA) is 101 Å². The summed E-state index contributed by atoms with van der Waals surface area (Å²) in [6.45, 7) is 0. The van der Waals surface area contributed by atoms with Gasteiger partial charge in [-0.2, -0.15) is 0 Å². The van der Waals surface area contributed by atoms with Crippen LogP contribution >= 0.6 is 0 Å². The summed E-state index contributed by atoms with van der Waals surface area (Å²) in [6, 6.07) is 3.98. The first-order valence-corrected chi connectivity index (χ1v) is 5.48. The maximum absolute atomic E-state index is 11.7. The maximum Gasteiger partial charge on any atom is 0.335 e. The number of benzene rings is 1. The van der Waals surface area contributed by atoms with Crippen molar-refractivity contribution in [2.45, 2.75) is 19.3 Å². The summed E-state index contributed by atoms with van der Waals surface area (Å²) < 4.78 is 0. The van der Waals surface area contributed by atoms with Crippen molar-refractivity contribution in [3.8, 4) is 0 Å². The van der Waals surface area contributed by atoms with E-state index in [4.69, 9.17) is 10.8 Å². The quantitative estimate of drug-likeness (QED) is 0.600. The van der Waals surface area contributed by atoms with E-state index in [2.05, 4.69) is 0 Å². The Labute approximate surface area is 103 Å². The molecule has 1 aliphatic rings. The minimum absolute atomic E-state index is 0.0452. The Bertz CT molecular complexity index is 523. The third-order valence-corrected chi connectivity index (χ3v) is 2.73. The number of nitrogen functional groups attached to an aromatic ring is 1. The van der Waals surface area contributed by atoms with Crippen molar-refractivity contribution in [3.63, 3.8) is 0 Å². The van der Waals surface area contributed by atoms with Crippen LogP contribution < -0.4 is 10.6 Å². The number of carbonyl (C=O) groups excluding carboxylic acids is 2. The van der Waals surface area contributed by atoms with Gasteiger partial charge in [0, 0.05) is 18.5 Å². The summed E-state index contributed by atoms with van der Waals surface area (Å²) in [5.41, 5.74) is 5.97. The predicted octanol–water partition coefficient (Wildman–Crippen LogP) is 1.01. The molecule has 1 fully saturated rings. The number of rotatable bonds is 2. The summed E-state index contributed by atoms with van der Waals surface area (Å²) in [5.74, 6) is -1.80. The molecule has 6 nitrogen and oxygen atoms in total. The molecule has 0 atom stereocenters. The summed E-state index contributed by atoms with van der Waals surface area (Å²) >= 11 is 0. The molecule has 0 spiro atoms. The number of piperidine rings is 1. The van der Waals surface area contributed by atoms with E-state index in [-0.39, 0.29) is 41.6 Å². The second kappa shape index (κ2) is 4.48. The summed E-state index contributed by atoms with van der Waals surface area (Å²) in [5, 5.41) is 8.92. The first-order valence-electron chi connectivity index (χ1n) is 5.48. The second-order valence-electron chi connectivity index (χ2n) is 4.09. The highest BCUT2D eigenvalue weighted by atomic mass is 16.4. The Morgan fingerprint density at radius 3 is 2.33 bits per heavy atom. The van der Waals surface area contributed by atoms with Gasteiger partial charge >= 0.3 is 5.97 Å². The van der Waals surface area contributed by atoms with Crippen molar-refractivity contribution in [1.82, 2.24) is 0 Å². The van der Waals surface area contributed by atoms with Gasteiger partial charge in [-0.3, -0.25) is 14.5 Å². The van der Waals surface area contributed by atoms with E-state index < -0.39 is 5.97 Å². The zero-order valence-electron chi connectivity index (χ0n) is 9.55. The highest BCUT2D eigenvalue weighted by Crippen LogP contribution is 2.25. The van der Waals surface area contributed by atoms with Crippen molar-refractivity contribution in [1.29, 1.82) is 0 Å². The van der Waals surface area contributed by atoms with E-state index in [1.54, 1.807) is 0 Å². The Balaban J connectivity index is 2.46. The van der Waals surface area contributed by atoms with Crippen LogP contribution in [0.1, 0.15) is 29.6 Å². The Morgan fingerprint density at radius 2 is 1.78 bits per heavy atom. The molecule has 1 aromatic carbocycles. The van der Waals surface area contributed by atoms with Crippen LogP contribution in [0.15, 0.2) is 18.2 Å². The fraction of sp³-hybridized carbons (Fsp3) is 0.250. The number of hydrogen-bond acceptors (Lipinski definition) is 4. The first-order chi connectivity index (χ1) is 8.49. The van der Waals surface area contributed by atoms with Crippen molar-refractivity contribution >= 4 is 29.2 Å².